The van der Waals surface area contributed by atoms with Crippen LogP contribution in [0.4, 0.5) is 10.5 Å². The van der Waals surface area contributed by atoms with Gasteiger partial charge in [-0.3, -0.25) is 19.7 Å². The largest absolute Gasteiger partial charge is 0.452 e. The summed E-state index contributed by atoms with van der Waals surface area (Å²) in [5.74, 6) is -2.54. The van der Waals surface area contributed by atoms with Crippen LogP contribution in [0.1, 0.15) is 63.2 Å². The standard InChI is InChI=1S/C24H23N3O6/c28-20(26-24(32)25-16-8-2-1-3-9-16)14-33-23(31)15-7-6-10-17(13-15)27-21(29)18-11-4-5-12-19(18)22(27)30/h4-7,10-13,16H,1-3,8-9,14H2,(H2,25,26,28,32). The summed E-state index contributed by atoms with van der Waals surface area (Å²) in [6, 6.07) is 11.7. The van der Waals surface area contributed by atoms with Crippen LogP contribution in [0, 0.1) is 0 Å². The monoisotopic (exact) mass is 449 g/mol. The maximum absolute atomic E-state index is 12.6. The third-order valence-electron chi connectivity index (χ3n) is 5.66. The molecule has 0 unspecified atom stereocenters. The number of urea groups is 1. The molecule has 0 spiro atoms. The molecule has 0 aromatic heterocycles. The van der Waals surface area contributed by atoms with Crippen molar-refractivity contribution in [1.29, 1.82) is 0 Å². The second-order valence-electron chi connectivity index (χ2n) is 7.97. The van der Waals surface area contributed by atoms with E-state index in [2.05, 4.69) is 10.6 Å². The molecule has 33 heavy (non-hydrogen) atoms. The number of ether oxygens (including phenoxy) is 1. The van der Waals surface area contributed by atoms with E-state index in [0.29, 0.717) is 11.1 Å². The summed E-state index contributed by atoms with van der Waals surface area (Å²) in [4.78, 5) is 62.6. The third kappa shape index (κ3) is 4.92. The maximum Gasteiger partial charge on any atom is 0.338 e. The van der Waals surface area contributed by atoms with Crippen molar-refractivity contribution in [3.63, 3.8) is 0 Å². The van der Waals surface area contributed by atoms with E-state index in [1.165, 1.54) is 24.3 Å². The Morgan fingerprint density at radius 1 is 0.909 bits per heavy atom. The average Bonchev–Trinajstić information content (AvgIpc) is 3.08. The second-order valence-corrected chi connectivity index (χ2v) is 7.97. The van der Waals surface area contributed by atoms with E-state index in [4.69, 9.17) is 4.74 Å². The highest BCUT2D eigenvalue weighted by Gasteiger charge is 2.36. The molecule has 1 fully saturated rings. The van der Waals surface area contributed by atoms with Crippen LogP contribution in [0.15, 0.2) is 48.5 Å². The third-order valence-corrected chi connectivity index (χ3v) is 5.66. The summed E-state index contributed by atoms with van der Waals surface area (Å²) >= 11 is 0. The summed E-state index contributed by atoms with van der Waals surface area (Å²) < 4.78 is 4.99. The van der Waals surface area contributed by atoms with E-state index in [0.717, 1.165) is 37.0 Å². The second kappa shape index (κ2) is 9.64. The van der Waals surface area contributed by atoms with Gasteiger partial charge in [-0.25, -0.2) is 14.5 Å². The number of imide groups is 2. The molecule has 1 aliphatic carbocycles. The minimum atomic E-state index is -0.823. The predicted octanol–water partition coefficient (Wildman–Crippen LogP) is 2.80. The summed E-state index contributed by atoms with van der Waals surface area (Å²) in [7, 11) is 0. The van der Waals surface area contributed by atoms with Crippen LogP contribution in [0.2, 0.25) is 0 Å². The zero-order chi connectivity index (χ0) is 23.4. The number of benzene rings is 2. The number of nitrogens with one attached hydrogen (secondary N) is 2. The minimum Gasteiger partial charge on any atom is -0.452 e. The van der Waals surface area contributed by atoms with Crippen LogP contribution in [0.25, 0.3) is 0 Å². The Kier molecular flexibility index (Phi) is 6.48. The van der Waals surface area contributed by atoms with Crippen LogP contribution < -0.4 is 15.5 Å². The lowest BCUT2D eigenvalue weighted by Crippen LogP contribution is -2.46. The number of hydrogen-bond donors (Lipinski definition) is 2. The molecule has 2 aromatic carbocycles. The van der Waals surface area contributed by atoms with Crippen molar-refractivity contribution in [2.24, 2.45) is 0 Å². The Balaban J connectivity index is 1.34. The van der Waals surface area contributed by atoms with Crippen LogP contribution >= 0.6 is 0 Å². The van der Waals surface area contributed by atoms with Crippen molar-refractivity contribution >= 4 is 35.4 Å². The zero-order valence-corrected chi connectivity index (χ0v) is 17.8. The Morgan fingerprint density at radius 2 is 1.58 bits per heavy atom. The maximum atomic E-state index is 12.6. The van der Waals surface area contributed by atoms with Crippen LogP contribution in [0.5, 0.6) is 0 Å². The fourth-order valence-corrected chi connectivity index (χ4v) is 4.04. The van der Waals surface area contributed by atoms with Gasteiger partial charge in [0.25, 0.3) is 17.7 Å². The molecule has 4 rings (SSSR count). The molecular weight excluding hydrogens is 426 g/mol. The van der Waals surface area contributed by atoms with Crippen molar-refractivity contribution in [1.82, 2.24) is 10.6 Å². The van der Waals surface area contributed by atoms with Gasteiger partial charge >= 0.3 is 12.0 Å². The molecule has 170 valence electrons. The quantitative estimate of drug-likeness (QED) is 0.535. The summed E-state index contributed by atoms with van der Waals surface area (Å²) in [5, 5.41) is 4.89. The molecule has 2 aliphatic rings. The minimum absolute atomic E-state index is 0.0407. The molecule has 0 atom stereocenters. The first-order chi connectivity index (χ1) is 15.9. The molecule has 2 N–H and O–H groups in total. The molecule has 0 radical (unpaired) electrons. The molecule has 5 amide bonds. The summed E-state index contributed by atoms with van der Waals surface area (Å²) in [6.45, 7) is -0.645. The van der Waals surface area contributed by atoms with Crippen LogP contribution in [-0.2, 0) is 9.53 Å². The van der Waals surface area contributed by atoms with Gasteiger partial charge in [0.2, 0.25) is 0 Å². The molecule has 1 saturated carbocycles. The highest BCUT2D eigenvalue weighted by Crippen LogP contribution is 2.28. The van der Waals surface area contributed by atoms with E-state index < -0.39 is 36.3 Å². The number of carbonyl (C=O) groups excluding carboxylic acids is 5. The number of nitrogens with zero attached hydrogens (tertiary/aromatic N) is 1. The van der Waals surface area contributed by atoms with Gasteiger partial charge in [-0.2, -0.15) is 0 Å². The number of amides is 5. The number of carbonyl (C=O) groups is 5. The van der Waals surface area contributed by atoms with Crippen LogP contribution in [-0.4, -0.2) is 42.4 Å². The Labute approximate surface area is 190 Å². The summed E-state index contributed by atoms with van der Waals surface area (Å²) in [5.41, 5.74) is 0.854. The highest BCUT2D eigenvalue weighted by atomic mass is 16.5. The van der Waals surface area contributed by atoms with E-state index in [9.17, 15) is 24.0 Å². The van der Waals surface area contributed by atoms with E-state index in [1.807, 2.05) is 0 Å². The average molecular weight is 449 g/mol. The Hall–Kier alpha value is -4.01. The van der Waals surface area contributed by atoms with E-state index >= 15 is 0 Å². The molecular formula is C24H23N3O6. The fraction of sp³-hybridized carbons (Fsp3) is 0.292. The van der Waals surface area contributed by atoms with Gasteiger partial charge < -0.3 is 10.1 Å². The Bertz CT molecular complexity index is 1090. The number of anilines is 1. The van der Waals surface area contributed by atoms with Crippen molar-refractivity contribution in [3.05, 3.63) is 65.2 Å². The molecule has 1 heterocycles. The van der Waals surface area contributed by atoms with Crippen molar-refractivity contribution in [2.45, 2.75) is 38.1 Å². The molecule has 0 saturated heterocycles. The van der Waals surface area contributed by atoms with Gasteiger partial charge in [0.1, 0.15) is 0 Å². The molecule has 9 nitrogen and oxygen atoms in total. The van der Waals surface area contributed by atoms with Gasteiger partial charge in [-0.15, -0.1) is 0 Å². The molecule has 1 aliphatic heterocycles. The molecule has 9 heteroatoms. The van der Waals surface area contributed by atoms with Crippen molar-refractivity contribution < 1.29 is 28.7 Å². The SMILES string of the molecule is O=C(COC(=O)c1cccc(N2C(=O)c3ccccc3C2=O)c1)NC(=O)NC1CCCCC1. The van der Waals surface area contributed by atoms with Gasteiger partial charge in [0.05, 0.1) is 22.4 Å². The first-order valence-corrected chi connectivity index (χ1v) is 10.8. The normalized spacial score (nSPS) is 15.7. The van der Waals surface area contributed by atoms with Gasteiger partial charge in [0.15, 0.2) is 6.61 Å². The lowest BCUT2D eigenvalue weighted by atomic mass is 9.96. The molecule has 0 bridgehead atoms. The first-order valence-electron chi connectivity index (χ1n) is 10.8. The van der Waals surface area contributed by atoms with Crippen LogP contribution in [0.3, 0.4) is 0 Å². The lowest BCUT2D eigenvalue weighted by Gasteiger charge is -2.22. The topological polar surface area (TPSA) is 122 Å². The summed E-state index contributed by atoms with van der Waals surface area (Å²) in [6.07, 6.45) is 4.97. The smallest absolute Gasteiger partial charge is 0.338 e. The van der Waals surface area contributed by atoms with Crippen molar-refractivity contribution in [3.8, 4) is 0 Å². The predicted molar refractivity (Wildman–Crippen MR) is 118 cm³/mol. The highest BCUT2D eigenvalue weighted by molar-refractivity contribution is 6.34. The van der Waals surface area contributed by atoms with Gasteiger partial charge in [0, 0.05) is 6.04 Å². The number of hydrogen-bond acceptors (Lipinski definition) is 6. The fourth-order valence-electron chi connectivity index (χ4n) is 4.04. The number of rotatable bonds is 5. The lowest BCUT2D eigenvalue weighted by molar-refractivity contribution is -0.123. The van der Waals surface area contributed by atoms with Crippen molar-refractivity contribution in [2.75, 3.05) is 11.5 Å². The first kappa shape index (κ1) is 22.2. The zero-order valence-electron chi connectivity index (χ0n) is 17.8. The Morgan fingerprint density at radius 3 is 2.24 bits per heavy atom. The molecule has 2 aromatic rings. The van der Waals surface area contributed by atoms with E-state index in [-0.39, 0.29) is 17.3 Å². The van der Waals surface area contributed by atoms with E-state index in [1.54, 1.807) is 24.3 Å². The number of esters is 1. The van der Waals surface area contributed by atoms with Gasteiger partial charge in [-0.05, 0) is 43.2 Å². The number of fused-ring (bicyclic) bond motifs is 1. The van der Waals surface area contributed by atoms with Gasteiger partial charge in [-0.1, -0.05) is 37.5 Å².